The van der Waals surface area contributed by atoms with Crippen LogP contribution in [-0.2, 0) is 29.1 Å². The lowest BCUT2D eigenvalue weighted by atomic mass is 10.3. The lowest BCUT2D eigenvalue weighted by Crippen LogP contribution is -2.35. The van der Waals surface area contributed by atoms with Crippen LogP contribution in [0.4, 0.5) is 0 Å². The van der Waals surface area contributed by atoms with Gasteiger partial charge < -0.3 is 32.9 Å². The van der Waals surface area contributed by atoms with Crippen LogP contribution >= 0.6 is 0 Å². The first-order valence-electron chi connectivity index (χ1n) is 17.9. The molecule has 0 atom stereocenters. The third kappa shape index (κ3) is 40.1. The zero-order chi connectivity index (χ0) is 38.1. The Hall–Kier alpha value is -0.330. The fraction of sp³-hybridized carbons (Fsp3) is 1.00. The minimum atomic E-state index is -3.92. The molecule has 198 valence electrons. The van der Waals surface area contributed by atoms with Crippen LogP contribution in [0.3, 0.4) is 0 Å². The zero-order valence-corrected chi connectivity index (χ0v) is 20.7. The highest BCUT2D eigenvalue weighted by molar-refractivity contribution is 7.84. The SMILES string of the molecule is CS(=O)(=O)[O-].[2H]C([2H])([2H])N(CCCC(OCC)OCC)C([2H])([2H])[2H].[2H]C([2H])([2H])[N+](CCCC(OCC)OCC)(C([2H])([2H])[2H])C([2H])([2H])[2H]. The maximum absolute atomic E-state index is 9.08. The minimum Gasteiger partial charge on any atom is -0.748 e. The number of nitrogens with zero attached hydrogens (tertiary/aromatic N) is 2. The van der Waals surface area contributed by atoms with Gasteiger partial charge in [0.15, 0.2) is 12.6 Å². The summed E-state index contributed by atoms with van der Waals surface area (Å²) in [4.78, 5) is 0.551. The molecule has 0 unspecified atom stereocenters. The minimum absolute atomic E-state index is 0.0276. The van der Waals surface area contributed by atoms with Gasteiger partial charge in [0.1, 0.15) is 0 Å². The summed E-state index contributed by atoms with van der Waals surface area (Å²) in [5.74, 6) is 0. The van der Waals surface area contributed by atoms with Gasteiger partial charge in [-0.15, -0.1) is 0 Å². The van der Waals surface area contributed by atoms with E-state index in [9.17, 15) is 0 Å². The van der Waals surface area contributed by atoms with Crippen molar-refractivity contribution >= 4 is 10.1 Å². The molecule has 0 spiro atoms. The molecule has 0 aromatic heterocycles. The van der Waals surface area contributed by atoms with Crippen molar-refractivity contribution in [1.29, 1.82) is 0 Å². The monoisotopic (exact) mass is 503 g/mol. The molecule has 0 N–H and O–H groups in total. The summed E-state index contributed by atoms with van der Waals surface area (Å²) in [6, 6.07) is 0. The molecule has 0 aliphatic carbocycles. The van der Waals surface area contributed by atoms with E-state index in [4.69, 9.17) is 52.5 Å². The molecule has 32 heavy (non-hydrogen) atoms. The average molecular weight is 504 g/mol. The van der Waals surface area contributed by atoms with Crippen LogP contribution in [0.25, 0.3) is 0 Å². The van der Waals surface area contributed by atoms with E-state index in [1.54, 1.807) is 13.8 Å². The molecule has 0 aromatic rings. The second kappa shape index (κ2) is 22.5. The maximum atomic E-state index is 9.08. The predicted molar refractivity (Wildman–Crippen MR) is 130 cm³/mol. The van der Waals surface area contributed by atoms with Gasteiger partial charge in [0.05, 0.1) is 49.9 Å². The first kappa shape index (κ1) is 15.6. The average Bonchev–Trinajstić information content (AvgIpc) is 2.80. The molecule has 0 rings (SSSR count). The second-order valence-electron chi connectivity index (χ2n) is 6.35. The first-order valence-corrected chi connectivity index (χ1v) is 12.2. The van der Waals surface area contributed by atoms with Crippen molar-refractivity contribution in [1.82, 2.24) is 4.90 Å². The number of ether oxygens (including phenoxy) is 4. The molecule has 0 heterocycles. The van der Waals surface area contributed by atoms with Crippen LogP contribution in [0.1, 0.15) is 73.9 Å². The standard InChI is InChI=1S/C11H26NO2.C10H23NO2.CH4O3S/c1-6-13-11(14-7-2)9-8-10-12(3,4)5;1-5-12-10(13-6-2)8-7-9-11(3)4;1-5(2,3)4/h11H,6-10H2,1-5H3;10H,5-9H2,1-4H3;1H3,(H,2,3,4)/q+1;;/p-1/i3D3,4D3,5D3;3D3,4D3;. The summed E-state index contributed by atoms with van der Waals surface area (Å²) in [5, 5.41) is 0. The summed E-state index contributed by atoms with van der Waals surface area (Å²) < 4.78 is 158. The molecule has 0 aliphatic rings. The van der Waals surface area contributed by atoms with Crippen molar-refractivity contribution in [3.63, 3.8) is 0 Å². The van der Waals surface area contributed by atoms with Crippen molar-refractivity contribution in [3.8, 4) is 0 Å². The third-order valence-corrected chi connectivity index (χ3v) is 3.17. The topological polar surface area (TPSA) is 97.4 Å². The zero-order valence-electron chi connectivity index (χ0n) is 34.9. The molecule has 10 heteroatoms. The van der Waals surface area contributed by atoms with Gasteiger partial charge in [0.2, 0.25) is 0 Å². The highest BCUT2D eigenvalue weighted by Gasteiger charge is 2.11. The van der Waals surface area contributed by atoms with Crippen LogP contribution in [0.2, 0.25) is 0 Å². The number of hydrogen-bond donors (Lipinski definition) is 0. The smallest absolute Gasteiger partial charge is 0.157 e. The lowest BCUT2D eigenvalue weighted by Gasteiger charge is -2.25. The quantitative estimate of drug-likeness (QED) is 0.180. The Bertz CT molecular complexity index is 856. The summed E-state index contributed by atoms with van der Waals surface area (Å²) in [6.07, 6.45) is 0.657. The van der Waals surface area contributed by atoms with E-state index in [0.717, 1.165) is 0 Å². The molecular weight excluding hydrogens is 436 g/mol. The van der Waals surface area contributed by atoms with Crippen molar-refractivity contribution < 1.29 is 57.0 Å². The molecular formula is C22H52N2O7S. The summed E-state index contributed by atoms with van der Waals surface area (Å²) >= 11 is 0. The largest absolute Gasteiger partial charge is 0.748 e. The maximum Gasteiger partial charge on any atom is 0.157 e. The highest BCUT2D eigenvalue weighted by atomic mass is 32.2. The number of rotatable bonds is 16. The van der Waals surface area contributed by atoms with E-state index in [-0.39, 0.29) is 19.4 Å². The van der Waals surface area contributed by atoms with Gasteiger partial charge in [0.25, 0.3) is 0 Å². The van der Waals surface area contributed by atoms with Gasteiger partial charge in [-0.05, 0) is 61.0 Å². The molecule has 0 radical (unpaired) electrons. The van der Waals surface area contributed by atoms with Gasteiger partial charge in [-0.3, -0.25) is 0 Å². The third-order valence-electron chi connectivity index (χ3n) is 3.17. The number of hydrogen-bond acceptors (Lipinski definition) is 8. The van der Waals surface area contributed by atoms with Crippen LogP contribution in [0.15, 0.2) is 0 Å². The highest BCUT2D eigenvalue weighted by Crippen LogP contribution is 2.07. The van der Waals surface area contributed by atoms with Gasteiger partial charge >= 0.3 is 0 Å². The van der Waals surface area contributed by atoms with Gasteiger partial charge in [-0.2, -0.15) is 0 Å². The van der Waals surface area contributed by atoms with Gasteiger partial charge in [0, 0.05) is 53.7 Å². The van der Waals surface area contributed by atoms with E-state index >= 15 is 0 Å². The van der Waals surface area contributed by atoms with E-state index in [1.165, 1.54) is 0 Å². The Kier molecular flexibility index (Phi) is 11.0. The Balaban J connectivity index is -0.000000728. The van der Waals surface area contributed by atoms with E-state index < -0.39 is 68.6 Å². The first-order chi connectivity index (χ1) is 20.9. The Morgan fingerprint density at radius 1 is 0.844 bits per heavy atom. The molecule has 0 saturated carbocycles. The predicted octanol–water partition coefficient (Wildman–Crippen LogP) is 2.76. The van der Waals surface area contributed by atoms with Crippen LogP contribution in [0.5, 0.6) is 0 Å². The van der Waals surface area contributed by atoms with Crippen LogP contribution in [-0.4, -0.2) is 116 Å². The van der Waals surface area contributed by atoms with Crippen molar-refractivity contribution in [2.75, 3.05) is 80.7 Å². The van der Waals surface area contributed by atoms with Crippen molar-refractivity contribution in [2.45, 2.75) is 66.0 Å². The fourth-order valence-corrected chi connectivity index (χ4v) is 2.08. The van der Waals surface area contributed by atoms with Crippen molar-refractivity contribution in [2.24, 2.45) is 0 Å². The second-order valence-corrected chi connectivity index (χ2v) is 7.76. The van der Waals surface area contributed by atoms with Gasteiger partial charge in [-0.1, -0.05) is 0 Å². The summed E-state index contributed by atoms with van der Waals surface area (Å²) in [6.45, 7) is -6.54. The van der Waals surface area contributed by atoms with E-state index in [1.807, 2.05) is 13.8 Å². The molecule has 0 bridgehead atoms. The molecule has 9 nitrogen and oxygen atoms in total. The molecule has 0 aromatic carbocycles. The van der Waals surface area contributed by atoms with E-state index in [0.29, 0.717) is 50.4 Å². The molecule has 0 aliphatic heterocycles. The van der Waals surface area contributed by atoms with Crippen LogP contribution < -0.4 is 0 Å². The fourth-order valence-electron chi connectivity index (χ4n) is 2.08. The summed E-state index contributed by atoms with van der Waals surface area (Å²) in [7, 11) is -3.92. The van der Waals surface area contributed by atoms with Crippen molar-refractivity contribution in [3.05, 3.63) is 0 Å². The van der Waals surface area contributed by atoms with E-state index in [2.05, 4.69) is 0 Å². The lowest BCUT2D eigenvalue weighted by molar-refractivity contribution is -0.870. The molecule has 0 amide bonds. The van der Waals surface area contributed by atoms with Gasteiger partial charge in [-0.25, -0.2) is 8.42 Å². The van der Waals surface area contributed by atoms with Crippen LogP contribution in [0, 0.1) is 0 Å². The Labute approximate surface area is 219 Å². The molecule has 0 fully saturated rings. The summed E-state index contributed by atoms with van der Waals surface area (Å²) in [5.41, 5.74) is 0. The Morgan fingerprint density at radius 2 is 1.22 bits per heavy atom. The normalized spacial score (nSPS) is 20.8. The molecule has 0 saturated heterocycles. The Morgan fingerprint density at radius 3 is 1.53 bits per heavy atom. The number of quaternary nitrogens is 1.